The molecule has 1 fully saturated rings. The van der Waals surface area contributed by atoms with Gasteiger partial charge in [0, 0.05) is 4.88 Å². The Hall–Kier alpha value is -1.89. The van der Waals surface area contributed by atoms with Crippen molar-refractivity contribution in [2.45, 2.75) is 39.0 Å². The van der Waals surface area contributed by atoms with E-state index in [2.05, 4.69) is 5.32 Å². The maximum absolute atomic E-state index is 12.5. The molecule has 1 aromatic rings. The molecular weight excluding hydrogens is 318 g/mol. The molecule has 2 rings (SSSR count). The van der Waals surface area contributed by atoms with Crippen LogP contribution in [-0.4, -0.2) is 30.1 Å². The fourth-order valence-electron chi connectivity index (χ4n) is 2.92. The zero-order valence-electron chi connectivity index (χ0n) is 13.3. The highest BCUT2D eigenvalue weighted by Gasteiger charge is 2.36. The van der Waals surface area contributed by atoms with Crippen LogP contribution in [0.4, 0.5) is 5.00 Å². The van der Waals surface area contributed by atoms with Crippen LogP contribution >= 0.6 is 11.3 Å². The summed E-state index contributed by atoms with van der Waals surface area (Å²) in [6, 6.07) is 1.71. The van der Waals surface area contributed by atoms with E-state index in [1.165, 1.54) is 18.4 Å². The Labute approximate surface area is 138 Å². The van der Waals surface area contributed by atoms with E-state index in [1.54, 1.807) is 6.07 Å². The van der Waals surface area contributed by atoms with Crippen LogP contribution in [0.2, 0.25) is 0 Å². The summed E-state index contributed by atoms with van der Waals surface area (Å²) in [6.07, 6.45) is 3.49. The van der Waals surface area contributed by atoms with E-state index >= 15 is 0 Å². The van der Waals surface area contributed by atoms with E-state index in [9.17, 15) is 19.5 Å². The Morgan fingerprint density at radius 3 is 2.52 bits per heavy atom. The number of esters is 1. The number of nitrogens with one attached hydrogen (secondary N) is 1. The minimum atomic E-state index is -0.932. The summed E-state index contributed by atoms with van der Waals surface area (Å²) in [7, 11) is 1.29. The van der Waals surface area contributed by atoms with E-state index in [1.807, 2.05) is 6.92 Å². The monoisotopic (exact) mass is 339 g/mol. The Kier molecular flexibility index (Phi) is 5.76. The molecule has 126 valence electrons. The fraction of sp³-hybridized carbons (Fsp3) is 0.562. The number of rotatable bonds is 5. The van der Waals surface area contributed by atoms with Gasteiger partial charge in [0.15, 0.2) is 0 Å². The minimum Gasteiger partial charge on any atom is -0.481 e. The van der Waals surface area contributed by atoms with Crippen molar-refractivity contribution < 1.29 is 24.2 Å². The number of carbonyl (C=O) groups excluding carboxylic acids is 2. The maximum atomic E-state index is 12.5. The van der Waals surface area contributed by atoms with Crippen LogP contribution in [0.1, 0.15) is 47.8 Å². The smallest absolute Gasteiger partial charge is 0.340 e. The zero-order valence-corrected chi connectivity index (χ0v) is 14.1. The molecule has 2 N–H and O–H groups in total. The lowest BCUT2D eigenvalue weighted by Gasteiger charge is -2.27. The average molecular weight is 339 g/mol. The number of carboxylic acids is 1. The molecule has 0 radical (unpaired) electrons. The third kappa shape index (κ3) is 3.90. The Balaban J connectivity index is 2.20. The number of carboxylic acid groups (broad SMARTS) is 1. The largest absolute Gasteiger partial charge is 0.481 e. The summed E-state index contributed by atoms with van der Waals surface area (Å²) in [4.78, 5) is 36.7. The van der Waals surface area contributed by atoms with Crippen LogP contribution in [0.5, 0.6) is 0 Å². The molecule has 0 bridgehead atoms. The summed E-state index contributed by atoms with van der Waals surface area (Å²) in [5.74, 6) is -2.98. The van der Waals surface area contributed by atoms with Gasteiger partial charge in [0.05, 0.1) is 24.5 Å². The molecule has 1 aromatic heterocycles. The number of aryl methyl sites for hydroxylation is 1. The van der Waals surface area contributed by atoms with Crippen LogP contribution in [0, 0.1) is 11.8 Å². The molecule has 1 amide bonds. The molecule has 7 heteroatoms. The van der Waals surface area contributed by atoms with E-state index in [0.29, 0.717) is 23.4 Å². The number of anilines is 1. The summed E-state index contributed by atoms with van der Waals surface area (Å²) >= 11 is 1.32. The third-order valence-electron chi connectivity index (χ3n) is 4.19. The lowest BCUT2D eigenvalue weighted by molar-refractivity contribution is -0.147. The summed E-state index contributed by atoms with van der Waals surface area (Å²) in [5.41, 5.74) is 0.324. The van der Waals surface area contributed by atoms with Gasteiger partial charge < -0.3 is 15.2 Å². The minimum absolute atomic E-state index is 0.324. The normalized spacial score (nSPS) is 20.8. The number of hydrogen-bond donors (Lipinski definition) is 2. The van der Waals surface area contributed by atoms with Crippen molar-refractivity contribution in [2.24, 2.45) is 11.8 Å². The highest BCUT2D eigenvalue weighted by Crippen LogP contribution is 2.34. The Morgan fingerprint density at radius 1 is 1.30 bits per heavy atom. The second kappa shape index (κ2) is 7.59. The van der Waals surface area contributed by atoms with Gasteiger partial charge in [-0.3, -0.25) is 9.59 Å². The standard InChI is InChI=1S/C16H21NO5S/c1-3-9-8-12(16(21)22-2)14(23-9)17-13(18)10-6-4-5-7-11(10)15(19)20/h8,10-11H,3-7H2,1-2H3,(H,17,18)(H,19,20)/t10-,11+/m0/s1. The number of methoxy groups -OCH3 is 1. The number of amides is 1. The topological polar surface area (TPSA) is 92.7 Å². The molecular formula is C16H21NO5S. The van der Waals surface area contributed by atoms with Gasteiger partial charge in [-0.05, 0) is 25.3 Å². The molecule has 0 unspecified atom stereocenters. The quantitative estimate of drug-likeness (QED) is 0.805. The second-order valence-electron chi connectivity index (χ2n) is 5.63. The predicted octanol–water partition coefficient (Wildman–Crippen LogP) is 2.93. The second-order valence-corrected chi connectivity index (χ2v) is 6.76. The van der Waals surface area contributed by atoms with Crippen LogP contribution in [0.25, 0.3) is 0 Å². The number of carbonyl (C=O) groups is 3. The van der Waals surface area contributed by atoms with E-state index in [4.69, 9.17) is 4.74 Å². The predicted molar refractivity (Wildman–Crippen MR) is 86.8 cm³/mol. The molecule has 1 saturated carbocycles. The molecule has 6 nitrogen and oxygen atoms in total. The number of ether oxygens (including phenoxy) is 1. The molecule has 1 aliphatic rings. The van der Waals surface area contributed by atoms with Crippen LogP contribution in [0.3, 0.4) is 0 Å². The van der Waals surface area contributed by atoms with Gasteiger partial charge in [0.2, 0.25) is 5.91 Å². The van der Waals surface area contributed by atoms with Crippen molar-refractivity contribution in [2.75, 3.05) is 12.4 Å². The van der Waals surface area contributed by atoms with Crippen molar-refractivity contribution in [3.8, 4) is 0 Å². The van der Waals surface area contributed by atoms with Crippen molar-refractivity contribution in [1.82, 2.24) is 0 Å². The first-order valence-electron chi connectivity index (χ1n) is 7.72. The van der Waals surface area contributed by atoms with Crippen molar-refractivity contribution in [1.29, 1.82) is 0 Å². The molecule has 2 atom stereocenters. The number of hydrogen-bond acceptors (Lipinski definition) is 5. The Bertz CT molecular complexity index is 610. The van der Waals surface area contributed by atoms with E-state index in [0.717, 1.165) is 24.1 Å². The van der Waals surface area contributed by atoms with Crippen LogP contribution < -0.4 is 5.32 Å². The molecule has 0 saturated heterocycles. The van der Waals surface area contributed by atoms with Gasteiger partial charge in [-0.15, -0.1) is 11.3 Å². The molecule has 0 aromatic carbocycles. The summed E-state index contributed by atoms with van der Waals surface area (Å²) in [6.45, 7) is 1.96. The van der Waals surface area contributed by atoms with Gasteiger partial charge in [0.25, 0.3) is 0 Å². The highest BCUT2D eigenvalue weighted by atomic mass is 32.1. The lowest BCUT2D eigenvalue weighted by atomic mass is 9.79. The SMILES string of the molecule is CCc1cc(C(=O)OC)c(NC(=O)[C@H]2CCCC[C@H]2C(=O)O)s1. The van der Waals surface area contributed by atoms with Gasteiger partial charge in [-0.25, -0.2) is 4.79 Å². The van der Waals surface area contributed by atoms with Crippen molar-refractivity contribution in [3.63, 3.8) is 0 Å². The van der Waals surface area contributed by atoms with Crippen molar-refractivity contribution >= 4 is 34.2 Å². The Morgan fingerprint density at radius 2 is 1.96 bits per heavy atom. The molecule has 1 aliphatic carbocycles. The number of thiophene rings is 1. The van der Waals surface area contributed by atoms with Crippen LogP contribution in [-0.2, 0) is 20.7 Å². The highest BCUT2D eigenvalue weighted by molar-refractivity contribution is 7.16. The van der Waals surface area contributed by atoms with Crippen LogP contribution in [0.15, 0.2) is 6.07 Å². The van der Waals surface area contributed by atoms with Gasteiger partial charge in [-0.1, -0.05) is 19.8 Å². The zero-order chi connectivity index (χ0) is 17.0. The molecule has 0 aliphatic heterocycles. The molecule has 1 heterocycles. The van der Waals surface area contributed by atoms with E-state index < -0.39 is 23.8 Å². The summed E-state index contributed by atoms with van der Waals surface area (Å²) in [5, 5.41) is 12.5. The maximum Gasteiger partial charge on any atom is 0.340 e. The van der Waals surface area contributed by atoms with Crippen molar-refractivity contribution in [3.05, 3.63) is 16.5 Å². The first-order chi connectivity index (χ1) is 11.0. The first-order valence-corrected chi connectivity index (χ1v) is 8.54. The molecule has 0 spiro atoms. The number of aliphatic carboxylic acids is 1. The lowest BCUT2D eigenvalue weighted by Crippen LogP contribution is -2.36. The van der Waals surface area contributed by atoms with Gasteiger partial charge in [0.1, 0.15) is 5.00 Å². The summed E-state index contributed by atoms with van der Waals surface area (Å²) < 4.78 is 4.74. The fourth-order valence-corrected chi connectivity index (χ4v) is 3.90. The molecule has 23 heavy (non-hydrogen) atoms. The van der Waals surface area contributed by atoms with E-state index in [-0.39, 0.29) is 5.91 Å². The first kappa shape index (κ1) is 17.5. The average Bonchev–Trinajstić information content (AvgIpc) is 2.97. The van der Waals surface area contributed by atoms with Gasteiger partial charge in [-0.2, -0.15) is 0 Å². The third-order valence-corrected chi connectivity index (χ3v) is 5.39. The van der Waals surface area contributed by atoms with Gasteiger partial charge >= 0.3 is 11.9 Å².